The van der Waals surface area contributed by atoms with E-state index in [1.54, 1.807) is 19.2 Å². The molecule has 0 aliphatic rings. The molecule has 19 heavy (non-hydrogen) atoms. The van der Waals surface area contributed by atoms with Crippen LogP contribution < -0.4 is 16.6 Å². The molecule has 2 rings (SSSR count). The van der Waals surface area contributed by atoms with Crippen LogP contribution in [-0.2, 0) is 0 Å². The molecule has 0 atom stereocenters. The van der Waals surface area contributed by atoms with Gasteiger partial charge in [0.05, 0.1) is 5.69 Å². The number of nitrogen functional groups attached to an aromatic ring is 1. The molecule has 0 saturated carbocycles. The Balaban J connectivity index is 2.42. The molecule has 1 aromatic carbocycles. The summed E-state index contributed by atoms with van der Waals surface area (Å²) in [6.45, 7) is 1.79. The van der Waals surface area contributed by atoms with Gasteiger partial charge in [0.2, 0.25) is 5.95 Å². The second-order valence-corrected chi connectivity index (χ2v) is 3.77. The maximum absolute atomic E-state index is 13.5. The zero-order chi connectivity index (χ0) is 13.8. The highest BCUT2D eigenvalue weighted by Crippen LogP contribution is 2.23. The summed E-state index contributed by atoms with van der Waals surface area (Å²) in [5.74, 6) is 5.31. The van der Waals surface area contributed by atoms with Crippen molar-refractivity contribution in [3.8, 4) is 6.07 Å². The lowest BCUT2D eigenvalue weighted by atomic mass is 10.2. The summed E-state index contributed by atoms with van der Waals surface area (Å²) in [5, 5.41) is 11.9. The third kappa shape index (κ3) is 2.59. The number of aromatic nitrogens is 2. The summed E-state index contributed by atoms with van der Waals surface area (Å²) in [6, 6.07) is 6.14. The third-order valence-corrected chi connectivity index (χ3v) is 2.48. The Morgan fingerprint density at radius 1 is 1.42 bits per heavy atom. The topological polar surface area (TPSA) is 99.7 Å². The molecule has 4 N–H and O–H groups in total. The first-order chi connectivity index (χ1) is 9.15. The highest BCUT2D eigenvalue weighted by atomic mass is 19.1. The molecule has 7 heteroatoms. The average Bonchev–Trinajstić information content (AvgIpc) is 2.41. The number of anilines is 3. The summed E-state index contributed by atoms with van der Waals surface area (Å²) >= 11 is 0. The van der Waals surface area contributed by atoms with Gasteiger partial charge in [0, 0.05) is 11.8 Å². The fraction of sp³-hybridized carbons (Fsp3) is 0.0833. The molecule has 0 radical (unpaired) electrons. The lowest BCUT2D eigenvalue weighted by molar-refractivity contribution is 0.624. The van der Waals surface area contributed by atoms with Gasteiger partial charge >= 0.3 is 0 Å². The van der Waals surface area contributed by atoms with Gasteiger partial charge in [-0.05, 0) is 19.1 Å². The molecule has 1 aromatic heterocycles. The van der Waals surface area contributed by atoms with E-state index in [0.29, 0.717) is 11.5 Å². The number of benzene rings is 1. The van der Waals surface area contributed by atoms with E-state index in [1.807, 2.05) is 6.07 Å². The van der Waals surface area contributed by atoms with Crippen LogP contribution >= 0.6 is 0 Å². The summed E-state index contributed by atoms with van der Waals surface area (Å²) in [6.07, 6.45) is 1.57. The van der Waals surface area contributed by atoms with Gasteiger partial charge in [-0.15, -0.1) is 0 Å². The van der Waals surface area contributed by atoms with Crippen molar-refractivity contribution < 1.29 is 4.39 Å². The predicted molar refractivity (Wildman–Crippen MR) is 69.0 cm³/mol. The Morgan fingerprint density at radius 3 is 2.89 bits per heavy atom. The van der Waals surface area contributed by atoms with Crippen LogP contribution in [0.4, 0.5) is 21.8 Å². The van der Waals surface area contributed by atoms with E-state index >= 15 is 0 Å². The van der Waals surface area contributed by atoms with E-state index in [4.69, 9.17) is 11.1 Å². The zero-order valence-electron chi connectivity index (χ0n) is 10.1. The van der Waals surface area contributed by atoms with Crippen molar-refractivity contribution >= 4 is 17.5 Å². The van der Waals surface area contributed by atoms with Crippen LogP contribution in [0.1, 0.15) is 11.1 Å². The summed E-state index contributed by atoms with van der Waals surface area (Å²) < 4.78 is 13.5. The van der Waals surface area contributed by atoms with Gasteiger partial charge in [-0.25, -0.2) is 15.2 Å². The van der Waals surface area contributed by atoms with Crippen LogP contribution in [0.25, 0.3) is 0 Å². The van der Waals surface area contributed by atoms with E-state index in [9.17, 15) is 4.39 Å². The fourth-order valence-electron chi connectivity index (χ4n) is 1.51. The first-order valence-corrected chi connectivity index (χ1v) is 5.41. The number of hydrogen-bond donors (Lipinski definition) is 3. The molecule has 0 aliphatic heterocycles. The summed E-state index contributed by atoms with van der Waals surface area (Å²) in [7, 11) is 0. The number of rotatable bonds is 3. The van der Waals surface area contributed by atoms with Crippen LogP contribution in [0.3, 0.4) is 0 Å². The Morgan fingerprint density at radius 2 is 2.21 bits per heavy atom. The van der Waals surface area contributed by atoms with Gasteiger partial charge < -0.3 is 5.32 Å². The number of hydrazine groups is 1. The van der Waals surface area contributed by atoms with E-state index in [0.717, 1.165) is 5.56 Å². The number of nitriles is 1. The Labute approximate surface area is 109 Å². The third-order valence-electron chi connectivity index (χ3n) is 2.48. The Kier molecular flexibility index (Phi) is 3.54. The number of hydrogen-bond acceptors (Lipinski definition) is 6. The van der Waals surface area contributed by atoms with Crippen LogP contribution in [0.15, 0.2) is 24.4 Å². The number of aryl methyl sites for hydroxylation is 1. The first kappa shape index (κ1) is 12.7. The second-order valence-electron chi connectivity index (χ2n) is 3.77. The van der Waals surface area contributed by atoms with Crippen molar-refractivity contribution in [3.05, 3.63) is 41.3 Å². The lowest BCUT2D eigenvalue weighted by Crippen LogP contribution is -2.12. The molecule has 0 bridgehead atoms. The molecular weight excluding hydrogens is 247 g/mol. The van der Waals surface area contributed by atoms with Crippen LogP contribution in [-0.4, -0.2) is 9.97 Å². The molecule has 0 aliphatic carbocycles. The van der Waals surface area contributed by atoms with Crippen molar-refractivity contribution in [2.75, 3.05) is 10.7 Å². The molecule has 96 valence electrons. The number of nitrogens with two attached hydrogens (primary N) is 1. The maximum atomic E-state index is 13.5. The van der Waals surface area contributed by atoms with Gasteiger partial charge in [0.1, 0.15) is 23.3 Å². The van der Waals surface area contributed by atoms with E-state index < -0.39 is 5.82 Å². The minimum absolute atomic E-state index is 0.0669. The Hall–Kier alpha value is -2.72. The minimum Gasteiger partial charge on any atom is -0.339 e. The normalized spacial score (nSPS) is 9.79. The second kappa shape index (κ2) is 5.29. The highest BCUT2D eigenvalue weighted by molar-refractivity contribution is 5.66. The molecule has 0 spiro atoms. The van der Waals surface area contributed by atoms with Crippen molar-refractivity contribution in [2.24, 2.45) is 5.84 Å². The average molecular weight is 258 g/mol. The van der Waals surface area contributed by atoms with Crippen LogP contribution in [0, 0.1) is 24.1 Å². The van der Waals surface area contributed by atoms with E-state index in [1.165, 1.54) is 12.1 Å². The van der Waals surface area contributed by atoms with E-state index in [-0.39, 0.29) is 11.5 Å². The van der Waals surface area contributed by atoms with Crippen LogP contribution in [0.2, 0.25) is 0 Å². The lowest BCUT2D eigenvalue weighted by Gasteiger charge is -2.11. The molecule has 0 amide bonds. The van der Waals surface area contributed by atoms with Crippen molar-refractivity contribution in [1.29, 1.82) is 5.26 Å². The maximum Gasteiger partial charge on any atom is 0.239 e. The molecular formula is C12H11FN6. The predicted octanol–water partition coefficient (Wildman–Crippen LogP) is 1.82. The molecule has 2 aromatic rings. The van der Waals surface area contributed by atoms with Crippen molar-refractivity contribution in [3.63, 3.8) is 0 Å². The first-order valence-electron chi connectivity index (χ1n) is 5.41. The highest BCUT2D eigenvalue weighted by Gasteiger charge is 2.10. The van der Waals surface area contributed by atoms with Crippen LogP contribution in [0.5, 0.6) is 0 Å². The van der Waals surface area contributed by atoms with Gasteiger partial charge in [-0.1, -0.05) is 6.07 Å². The molecule has 0 fully saturated rings. The zero-order valence-corrected chi connectivity index (χ0v) is 10.1. The van der Waals surface area contributed by atoms with Crippen molar-refractivity contribution in [1.82, 2.24) is 9.97 Å². The van der Waals surface area contributed by atoms with Gasteiger partial charge in [0.15, 0.2) is 0 Å². The molecule has 0 unspecified atom stereocenters. The smallest absolute Gasteiger partial charge is 0.239 e. The van der Waals surface area contributed by atoms with Gasteiger partial charge in [-0.3, -0.25) is 5.43 Å². The largest absolute Gasteiger partial charge is 0.339 e. The van der Waals surface area contributed by atoms with Gasteiger partial charge in [-0.2, -0.15) is 10.2 Å². The summed E-state index contributed by atoms with van der Waals surface area (Å²) in [4.78, 5) is 8.03. The SMILES string of the molecule is Cc1cnc(NN)nc1Nc1cccc(F)c1C#N. The molecule has 6 nitrogen and oxygen atoms in total. The minimum atomic E-state index is -0.587. The van der Waals surface area contributed by atoms with E-state index in [2.05, 4.69) is 20.7 Å². The number of nitrogens with one attached hydrogen (secondary N) is 2. The summed E-state index contributed by atoms with van der Waals surface area (Å²) in [5.41, 5.74) is 3.33. The number of halogens is 1. The Bertz CT molecular complexity index is 649. The quantitative estimate of drug-likeness (QED) is 0.573. The standard InChI is InChI=1S/C12H11FN6/c1-7-6-16-12(19-15)18-11(7)17-10-4-2-3-9(13)8(10)5-14/h2-4,6H,15H2,1H3,(H2,16,17,18,19). The van der Waals surface area contributed by atoms with Gasteiger partial charge in [0.25, 0.3) is 0 Å². The molecule has 0 saturated heterocycles. The fourth-order valence-corrected chi connectivity index (χ4v) is 1.51. The van der Waals surface area contributed by atoms with Crippen molar-refractivity contribution in [2.45, 2.75) is 6.92 Å². The molecule has 1 heterocycles. The number of nitrogens with zero attached hydrogens (tertiary/aromatic N) is 3. The monoisotopic (exact) mass is 258 g/mol.